The lowest BCUT2D eigenvalue weighted by Crippen LogP contribution is -2.48. The lowest BCUT2D eigenvalue weighted by atomic mass is 10.0. The Balaban J connectivity index is 0.00000106. The van der Waals surface area contributed by atoms with Crippen molar-refractivity contribution in [3.8, 4) is 0 Å². The van der Waals surface area contributed by atoms with E-state index in [4.69, 9.17) is 14.2 Å². The first-order chi connectivity index (χ1) is 16.6. The van der Waals surface area contributed by atoms with Crippen LogP contribution in [0.2, 0.25) is 0 Å². The molecule has 0 aliphatic heterocycles. The first kappa shape index (κ1) is 31.6. The summed E-state index contributed by atoms with van der Waals surface area (Å²) in [7, 11) is 2.97. The molecule has 8 nitrogen and oxygen atoms in total. The molecule has 0 bridgehead atoms. The van der Waals surface area contributed by atoms with Crippen molar-refractivity contribution in [3.63, 3.8) is 0 Å². The van der Waals surface area contributed by atoms with Gasteiger partial charge in [-0.3, -0.25) is 9.69 Å². The van der Waals surface area contributed by atoms with Gasteiger partial charge in [-0.15, -0.1) is 0 Å². The van der Waals surface area contributed by atoms with Crippen LogP contribution in [-0.4, -0.2) is 62.3 Å². The molecule has 0 fully saturated rings. The molecule has 0 aliphatic rings. The summed E-state index contributed by atoms with van der Waals surface area (Å²) in [6.45, 7) is 13.9. The molecule has 1 unspecified atom stereocenters. The Bertz CT molecular complexity index is 815. The van der Waals surface area contributed by atoms with E-state index in [-0.39, 0.29) is 13.0 Å². The van der Waals surface area contributed by atoms with Gasteiger partial charge >= 0.3 is 12.1 Å². The molecule has 8 heteroatoms. The Labute approximate surface area is 209 Å². The van der Waals surface area contributed by atoms with Gasteiger partial charge in [0.15, 0.2) is 0 Å². The van der Waals surface area contributed by atoms with Crippen LogP contribution in [-0.2, 0) is 30.4 Å². The minimum Gasteiger partial charge on any atom is -0.467 e. The number of allylic oxidation sites excluding steroid dienone is 3. The molecule has 0 saturated heterocycles. The molecule has 0 aliphatic carbocycles. The minimum atomic E-state index is -0.879. The van der Waals surface area contributed by atoms with Gasteiger partial charge in [0.1, 0.15) is 11.6 Å². The second-order valence-corrected chi connectivity index (χ2v) is 8.44. The summed E-state index contributed by atoms with van der Waals surface area (Å²) in [4.78, 5) is 36.7. The predicted molar refractivity (Wildman–Crippen MR) is 138 cm³/mol. The number of hydrogen-bond donors (Lipinski definition) is 1. The first-order valence-electron chi connectivity index (χ1n) is 11.3. The third-order valence-electron chi connectivity index (χ3n) is 4.46. The molecule has 0 radical (unpaired) electrons. The highest BCUT2D eigenvalue weighted by Crippen LogP contribution is 2.19. The van der Waals surface area contributed by atoms with Crippen LogP contribution >= 0.6 is 0 Å². The minimum absolute atomic E-state index is 0.211. The van der Waals surface area contributed by atoms with Gasteiger partial charge in [0, 0.05) is 26.6 Å². The van der Waals surface area contributed by atoms with Gasteiger partial charge in [0.2, 0.25) is 6.41 Å². The zero-order valence-corrected chi connectivity index (χ0v) is 21.6. The monoisotopic (exact) mass is 488 g/mol. The quantitative estimate of drug-likeness (QED) is 0.191. The molecule has 0 heterocycles. The number of methoxy groups -OCH3 is 2. The van der Waals surface area contributed by atoms with Crippen LogP contribution in [0.25, 0.3) is 0 Å². The number of esters is 1. The second kappa shape index (κ2) is 18.0. The van der Waals surface area contributed by atoms with Crippen LogP contribution in [0.1, 0.15) is 39.2 Å². The maximum absolute atomic E-state index is 12.7. The van der Waals surface area contributed by atoms with E-state index in [1.54, 1.807) is 46.1 Å². The Morgan fingerprint density at radius 1 is 1.14 bits per heavy atom. The molecule has 1 atom stereocenters. The number of benzene rings is 1. The highest BCUT2D eigenvalue weighted by atomic mass is 16.6. The average Bonchev–Trinajstić information content (AvgIpc) is 2.82. The van der Waals surface area contributed by atoms with Crippen molar-refractivity contribution in [1.82, 2.24) is 10.2 Å². The fraction of sp³-hybridized carbons (Fsp3) is 0.444. The molecule has 35 heavy (non-hydrogen) atoms. The molecule has 0 spiro atoms. The lowest BCUT2D eigenvalue weighted by molar-refractivity contribution is -0.146. The molecular weight excluding hydrogens is 448 g/mol. The highest BCUT2D eigenvalue weighted by Gasteiger charge is 2.33. The summed E-state index contributed by atoms with van der Waals surface area (Å²) in [6.07, 6.45) is 5.52. The largest absolute Gasteiger partial charge is 0.467 e. The van der Waals surface area contributed by atoms with Crippen molar-refractivity contribution in [2.24, 2.45) is 0 Å². The van der Waals surface area contributed by atoms with Gasteiger partial charge in [0.05, 0.1) is 13.7 Å². The van der Waals surface area contributed by atoms with Crippen LogP contribution in [0.4, 0.5) is 4.79 Å². The third kappa shape index (κ3) is 14.5. The van der Waals surface area contributed by atoms with E-state index in [1.807, 2.05) is 30.3 Å². The second-order valence-electron chi connectivity index (χ2n) is 8.44. The van der Waals surface area contributed by atoms with Crippen molar-refractivity contribution < 1.29 is 28.6 Å². The van der Waals surface area contributed by atoms with Crippen molar-refractivity contribution in [1.29, 1.82) is 0 Å². The fourth-order valence-electron chi connectivity index (χ4n) is 2.90. The summed E-state index contributed by atoms with van der Waals surface area (Å²) < 4.78 is 15.2. The smallest absolute Gasteiger partial charge is 0.411 e. The van der Waals surface area contributed by atoms with E-state index < -0.39 is 23.7 Å². The van der Waals surface area contributed by atoms with Crippen LogP contribution < -0.4 is 5.32 Å². The van der Waals surface area contributed by atoms with Gasteiger partial charge in [-0.1, -0.05) is 61.7 Å². The Morgan fingerprint density at radius 2 is 1.80 bits per heavy atom. The number of carbonyl (C=O) groups excluding carboxylic acids is 3. The summed E-state index contributed by atoms with van der Waals surface area (Å²) in [5.74, 6) is -0.559. The summed E-state index contributed by atoms with van der Waals surface area (Å²) in [5, 5.41) is 2.53. The zero-order valence-electron chi connectivity index (χ0n) is 21.6. The van der Waals surface area contributed by atoms with Gasteiger partial charge in [0.25, 0.3) is 0 Å². The van der Waals surface area contributed by atoms with Crippen molar-refractivity contribution >= 4 is 18.5 Å². The first-order valence-corrected chi connectivity index (χ1v) is 11.3. The number of carbonyl (C=O) groups is 3. The van der Waals surface area contributed by atoms with E-state index in [9.17, 15) is 14.4 Å². The van der Waals surface area contributed by atoms with Crippen molar-refractivity contribution in [3.05, 3.63) is 72.9 Å². The maximum Gasteiger partial charge on any atom is 0.411 e. The molecule has 1 aromatic rings. The lowest BCUT2D eigenvalue weighted by Gasteiger charge is -2.32. The molecule has 1 rings (SSSR count). The van der Waals surface area contributed by atoms with Crippen LogP contribution in [0, 0.1) is 0 Å². The Hall–Kier alpha value is -3.39. The predicted octanol–water partition coefficient (Wildman–Crippen LogP) is 4.42. The number of ether oxygens (including phenoxy) is 3. The van der Waals surface area contributed by atoms with E-state index in [0.717, 1.165) is 5.57 Å². The van der Waals surface area contributed by atoms with Crippen LogP contribution in [0.5, 0.6) is 0 Å². The molecule has 2 amide bonds. The van der Waals surface area contributed by atoms with E-state index in [2.05, 4.69) is 18.5 Å². The van der Waals surface area contributed by atoms with Gasteiger partial charge in [-0.05, 0) is 38.3 Å². The zero-order chi connectivity index (χ0) is 26.7. The topological polar surface area (TPSA) is 94.2 Å². The molecule has 1 N–H and O–H groups in total. The van der Waals surface area contributed by atoms with E-state index >= 15 is 0 Å². The van der Waals surface area contributed by atoms with Crippen molar-refractivity contribution in [2.75, 3.05) is 27.3 Å². The third-order valence-corrected chi connectivity index (χ3v) is 4.46. The Kier molecular flexibility index (Phi) is 16.3. The standard InChI is InChI=1S/C19H30N2O5.C8H10O/c1-7-10-15(8-2)13-16(17(23)25-6)21(12-9-11-20-14-22)18(24)26-19(3,4)5;1-9-7-8-5-3-2-4-6-8/h7-8,10,14,16H,1-2,9,11-13H2,3-6H3,(H,20,22);2-6H,7H2,1H3/b15-10+;. The van der Waals surface area contributed by atoms with E-state index in [1.165, 1.54) is 17.6 Å². The normalized spacial score (nSPS) is 11.7. The molecule has 1 aromatic carbocycles. The van der Waals surface area contributed by atoms with Gasteiger partial charge in [-0.2, -0.15) is 0 Å². The highest BCUT2D eigenvalue weighted by molar-refractivity contribution is 5.82. The molecule has 0 saturated carbocycles. The number of amides is 2. The molecule has 0 aromatic heterocycles. The van der Waals surface area contributed by atoms with E-state index in [0.29, 0.717) is 26.0 Å². The van der Waals surface area contributed by atoms with Crippen LogP contribution in [0.15, 0.2) is 67.3 Å². The fourth-order valence-corrected chi connectivity index (χ4v) is 2.90. The number of nitrogens with zero attached hydrogens (tertiary/aromatic N) is 1. The average molecular weight is 489 g/mol. The maximum atomic E-state index is 12.7. The number of nitrogens with one attached hydrogen (secondary N) is 1. The molecular formula is C27H40N2O6. The van der Waals surface area contributed by atoms with Crippen molar-refractivity contribution in [2.45, 2.75) is 51.9 Å². The summed E-state index contributed by atoms with van der Waals surface area (Å²) >= 11 is 0. The number of rotatable bonds is 13. The van der Waals surface area contributed by atoms with Gasteiger partial charge < -0.3 is 19.5 Å². The SMILES string of the molecule is C=C/C=C(\C=C)CC(C(=O)OC)N(CCCNC=O)C(=O)OC(C)(C)C.COCc1ccccc1. The molecule has 194 valence electrons. The van der Waals surface area contributed by atoms with Crippen LogP contribution in [0.3, 0.4) is 0 Å². The Morgan fingerprint density at radius 3 is 2.29 bits per heavy atom. The number of hydrogen-bond acceptors (Lipinski definition) is 6. The summed E-state index contributed by atoms with van der Waals surface area (Å²) in [5.41, 5.74) is 1.24. The summed E-state index contributed by atoms with van der Waals surface area (Å²) in [6, 6.07) is 9.23. The van der Waals surface area contributed by atoms with Gasteiger partial charge in [-0.25, -0.2) is 9.59 Å².